The number of amides is 2. The van der Waals surface area contributed by atoms with Crippen molar-refractivity contribution in [2.24, 2.45) is 0 Å². The Morgan fingerprint density at radius 3 is 2.69 bits per heavy atom. The summed E-state index contributed by atoms with van der Waals surface area (Å²) < 4.78 is 16.0. The van der Waals surface area contributed by atoms with Crippen LogP contribution in [0.5, 0.6) is 5.75 Å². The van der Waals surface area contributed by atoms with Crippen LogP contribution in [0.4, 0.5) is 4.79 Å². The number of methoxy groups -OCH3 is 1. The van der Waals surface area contributed by atoms with Gasteiger partial charge in [0.25, 0.3) is 5.91 Å². The van der Waals surface area contributed by atoms with Crippen molar-refractivity contribution in [1.29, 1.82) is 0 Å². The lowest BCUT2D eigenvalue weighted by Crippen LogP contribution is -2.58. The highest BCUT2D eigenvalue weighted by molar-refractivity contribution is 6.02. The van der Waals surface area contributed by atoms with E-state index in [4.69, 9.17) is 9.47 Å². The van der Waals surface area contributed by atoms with Gasteiger partial charge in [0.2, 0.25) is 0 Å². The van der Waals surface area contributed by atoms with Crippen LogP contribution < -0.4 is 4.74 Å². The number of hydrogen-bond donors (Lipinski definition) is 0. The van der Waals surface area contributed by atoms with E-state index >= 15 is 0 Å². The Bertz CT molecular complexity index is 842. The van der Waals surface area contributed by atoms with Crippen LogP contribution in [0.3, 0.4) is 0 Å². The third-order valence-corrected chi connectivity index (χ3v) is 4.70. The molecule has 8 nitrogen and oxygen atoms in total. The molecule has 0 bridgehead atoms. The van der Waals surface area contributed by atoms with Gasteiger partial charge in [0.1, 0.15) is 18.0 Å². The molecule has 2 amide bonds. The number of nitrogens with zero attached hydrogens (tertiary/aromatic N) is 2. The Labute approximate surface area is 170 Å². The summed E-state index contributed by atoms with van der Waals surface area (Å²) in [5, 5.41) is 0. The summed E-state index contributed by atoms with van der Waals surface area (Å²) in [6, 6.07) is 4.96. The molecule has 0 aliphatic carbocycles. The molecule has 1 saturated heterocycles. The fraction of sp³-hybridized carbons (Fsp3) is 0.476. The number of rotatable bonds is 2. The van der Waals surface area contributed by atoms with Gasteiger partial charge in [-0.1, -0.05) is 12.1 Å². The first-order valence-electron chi connectivity index (χ1n) is 9.50. The lowest BCUT2D eigenvalue weighted by atomic mass is 10.0. The molecule has 8 heteroatoms. The van der Waals surface area contributed by atoms with Gasteiger partial charge < -0.3 is 24.0 Å². The quantitative estimate of drug-likeness (QED) is 0.558. The highest BCUT2D eigenvalue weighted by Crippen LogP contribution is 2.30. The summed E-state index contributed by atoms with van der Waals surface area (Å²) in [5.74, 6) is -0.231. The number of piperazine rings is 1. The first-order valence-corrected chi connectivity index (χ1v) is 9.50. The maximum Gasteiger partial charge on any atom is 0.410 e. The molecular formula is C21H26N2O6. The van der Waals surface area contributed by atoms with E-state index in [-0.39, 0.29) is 18.6 Å². The van der Waals surface area contributed by atoms with E-state index < -0.39 is 17.7 Å². The minimum atomic E-state index is -0.582. The number of carbonyl (C=O) groups excluding carboxylic acids is 3. The molecule has 2 aliphatic heterocycles. The van der Waals surface area contributed by atoms with Crippen molar-refractivity contribution in [2.45, 2.75) is 32.4 Å². The molecule has 1 aromatic carbocycles. The molecule has 0 aromatic heterocycles. The van der Waals surface area contributed by atoms with E-state index in [0.29, 0.717) is 36.5 Å². The lowest BCUT2D eigenvalue weighted by molar-refractivity contribution is -0.134. The number of esters is 1. The van der Waals surface area contributed by atoms with Crippen molar-refractivity contribution in [2.75, 3.05) is 33.4 Å². The zero-order valence-corrected chi connectivity index (χ0v) is 17.1. The van der Waals surface area contributed by atoms with Gasteiger partial charge in [-0.25, -0.2) is 9.59 Å². The second-order valence-corrected chi connectivity index (χ2v) is 7.97. The van der Waals surface area contributed by atoms with Crippen molar-refractivity contribution in [3.05, 3.63) is 35.4 Å². The van der Waals surface area contributed by atoms with Gasteiger partial charge in [0.05, 0.1) is 18.7 Å². The second kappa shape index (κ2) is 8.14. The van der Waals surface area contributed by atoms with E-state index in [1.807, 2.05) is 20.8 Å². The number of fused-ring (bicyclic) bond motifs is 2. The van der Waals surface area contributed by atoms with E-state index in [0.717, 1.165) is 0 Å². The standard InChI is InChI=1S/C21H26N2O6/c1-21(2,3)29-20(26)22-10-11-23-15(12-22)13-28-16-7-5-6-14(18(16)19(23)25)8-9-17(24)27-4/h5-9,15H,10-13H2,1-4H3/b9-8+. The topological polar surface area (TPSA) is 85.4 Å². The van der Waals surface area contributed by atoms with Gasteiger partial charge in [0, 0.05) is 25.7 Å². The fourth-order valence-corrected chi connectivity index (χ4v) is 3.35. The van der Waals surface area contributed by atoms with Crippen LogP contribution >= 0.6 is 0 Å². The van der Waals surface area contributed by atoms with Crippen LogP contribution in [0.2, 0.25) is 0 Å². The molecule has 1 aromatic rings. The molecule has 0 N–H and O–H groups in total. The number of carbonyl (C=O) groups is 3. The van der Waals surface area contributed by atoms with Crippen LogP contribution in [0, 0.1) is 0 Å². The highest BCUT2D eigenvalue weighted by atomic mass is 16.6. The first-order chi connectivity index (χ1) is 13.7. The van der Waals surface area contributed by atoms with Gasteiger partial charge in [-0.2, -0.15) is 0 Å². The maximum atomic E-state index is 13.3. The molecule has 0 spiro atoms. The Kier molecular flexibility index (Phi) is 5.81. The summed E-state index contributed by atoms with van der Waals surface area (Å²) in [6.07, 6.45) is 2.42. The van der Waals surface area contributed by atoms with Crippen LogP contribution in [-0.4, -0.2) is 72.8 Å². The molecular weight excluding hydrogens is 376 g/mol. The average molecular weight is 402 g/mol. The largest absolute Gasteiger partial charge is 0.491 e. The Hall–Kier alpha value is -3.03. The molecule has 3 rings (SSSR count). The Morgan fingerprint density at radius 2 is 2.00 bits per heavy atom. The van der Waals surface area contributed by atoms with Crippen LogP contribution in [0.1, 0.15) is 36.7 Å². The number of benzene rings is 1. The SMILES string of the molecule is COC(=O)/C=C/c1cccc2c1C(=O)N1CCN(C(=O)OC(C)(C)C)CC1CO2. The van der Waals surface area contributed by atoms with E-state index in [2.05, 4.69) is 4.74 Å². The lowest BCUT2D eigenvalue weighted by Gasteiger charge is -2.40. The van der Waals surface area contributed by atoms with E-state index in [1.165, 1.54) is 13.2 Å². The number of hydrogen-bond acceptors (Lipinski definition) is 6. The minimum absolute atomic E-state index is 0.184. The summed E-state index contributed by atoms with van der Waals surface area (Å²) in [4.78, 5) is 40.5. The van der Waals surface area contributed by atoms with Crippen molar-refractivity contribution in [1.82, 2.24) is 9.80 Å². The van der Waals surface area contributed by atoms with Gasteiger partial charge in [-0.15, -0.1) is 0 Å². The molecule has 1 fully saturated rings. The third-order valence-electron chi connectivity index (χ3n) is 4.70. The predicted octanol–water partition coefficient (Wildman–Crippen LogP) is 2.33. The first kappa shape index (κ1) is 20.7. The number of ether oxygens (including phenoxy) is 3. The van der Waals surface area contributed by atoms with E-state index in [1.54, 1.807) is 34.1 Å². The van der Waals surface area contributed by atoms with Gasteiger partial charge >= 0.3 is 12.1 Å². The molecule has 29 heavy (non-hydrogen) atoms. The van der Waals surface area contributed by atoms with Crippen molar-refractivity contribution >= 4 is 24.0 Å². The maximum absolute atomic E-state index is 13.3. The molecule has 2 aliphatic rings. The Morgan fingerprint density at radius 1 is 1.24 bits per heavy atom. The fourth-order valence-electron chi connectivity index (χ4n) is 3.35. The van der Waals surface area contributed by atoms with Crippen LogP contribution in [0.25, 0.3) is 6.08 Å². The predicted molar refractivity (Wildman–Crippen MR) is 106 cm³/mol. The Balaban J connectivity index is 1.81. The zero-order chi connectivity index (χ0) is 21.2. The summed E-state index contributed by atoms with van der Waals surface area (Å²) in [5.41, 5.74) is 0.398. The van der Waals surface area contributed by atoms with Crippen LogP contribution in [-0.2, 0) is 14.3 Å². The summed E-state index contributed by atoms with van der Waals surface area (Å²) >= 11 is 0. The third kappa shape index (κ3) is 4.70. The van der Waals surface area contributed by atoms with Gasteiger partial charge in [0.15, 0.2) is 0 Å². The molecule has 0 saturated carbocycles. The normalized spacial score (nSPS) is 19.2. The summed E-state index contributed by atoms with van der Waals surface area (Å²) in [6.45, 7) is 6.82. The molecule has 1 unspecified atom stereocenters. The highest BCUT2D eigenvalue weighted by Gasteiger charge is 2.38. The molecule has 156 valence electrons. The smallest absolute Gasteiger partial charge is 0.410 e. The van der Waals surface area contributed by atoms with Gasteiger partial charge in [-0.3, -0.25) is 4.79 Å². The van der Waals surface area contributed by atoms with Crippen molar-refractivity contribution in [3.8, 4) is 5.75 Å². The van der Waals surface area contributed by atoms with Crippen molar-refractivity contribution < 1.29 is 28.6 Å². The van der Waals surface area contributed by atoms with Gasteiger partial charge in [-0.05, 0) is 38.5 Å². The zero-order valence-electron chi connectivity index (χ0n) is 17.1. The minimum Gasteiger partial charge on any atom is -0.491 e. The molecule has 0 radical (unpaired) electrons. The average Bonchev–Trinajstić information content (AvgIpc) is 2.81. The second-order valence-electron chi connectivity index (χ2n) is 7.97. The monoisotopic (exact) mass is 402 g/mol. The van der Waals surface area contributed by atoms with Crippen molar-refractivity contribution in [3.63, 3.8) is 0 Å². The summed E-state index contributed by atoms with van der Waals surface area (Å²) in [7, 11) is 1.29. The van der Waals surface area contributed by atoms with E-state index in [9.17, 15) is 14.4 Å². The molecule has 2 heterocycles. The van der Waals surface area contributed by atoms with Crippen LogP contribution in [0.15, 0.2) is 24.3 Å². The molecule has 1 atom stereocenters.